The molecule has 0 radical (unpaired) electrons. The maximum absolute atomic E-state index is 13.6. The van der Waals surface area contributed by atoms with Crippen molar-refractivity contribution in [3.8, 4) is 17.0 Å². The van der Waals surface area contributed by atoms with Crippen LogP contribution in [0, 0.1) is 11.6 Å². The summed E-state index contributed by atoms with van der Waals surface area (Å²) in [6.45, 7) is -0.0777. The van der Waals surface area contributed by atoms with Gasteiger partial charge in [-0.1, -0.05) is 0 Å². The first kappa shape index (κ1) is 15.9. The largest absolute Gasteiger partial charge is 0.497 e. The summed E-state index contributed by atoms with van der Waals surface area (Å²) in [5, 5.41) is 0. The monoisotopic (exact) mass is 328 g/mol. The Bertz CT molecular complexity index is 873. The van der Waals surface area contributed by atoms with Gasteiger partial charge in [0.05, 0.1) is 31.2 Å². The number of benzene rings is 2. The number of carbonyl (C=O) groups excluding carboxylic acids is 1. The first-order valence-corrected chi connectivity index (χ1v) is 7.21. The maximum Gasteiger partial charge on any atom is 0.185 e. The summed E-state index contributed by atoms with van der Waals surface area (Å²) in [5.41, 5.74) is 1.41. The van der Waals surface area contributed by atoms with Crippen LogP contribution in [0.25, 0.3) is 11.3 Å². The number of Topliss-reactive ketones (excluding diaryl/α,β-unsaturated/α-hetero) is 1. The van der Waals surface area contributed by atoms with Gasteiger partial charge < -0.3 is 9.30 Å². The molecule has 2 aromatic carbocycles. The van der Waals surface area contributed by atoms with E-state index in [1.54, 1.807) is 17.9 Å². The number of ketones is 1. The van der Waals surface area contributed by atoms with Crippen LogP contribution >= 0.6 is 0 Å². The zero-order valence-electron chi connectivity index (χ0n) is 12.9. The standard InChI is InChI=1S/C18H14F2N2O2/c1-24-14-5-2-12(3-6-14)17-9-22(11-21-17)10-18(23)15-7-4-13(19)8-16(15)20/h2-9,11H,10H2,1H3. The van der Waals surface area contributed by atoms with Gasteiger partial charge in [-0.15, -0.1) is 0 Å². The van der Waals surface area contributed by atoms with Gasteiger partial charge in [-0.2, -0.15) is 0 Å². The molecule has 4 nitrogen and oxygen atoms in total. The fraction of sp³-hybridized carbons (Fsp3) is 0.111. The Morgan fingerprint density at radius 2 is 1.92 bits per heavy atom. The number of methoxy groups -OCH3 is 1. The van der Waals surface area contributed by atoms with Crippen LogP contribution in [0.5, 0.6) is 5.75 Å². The molecule has 0 unspecified atom stereocenters. The number of carbonyl (C=O) groups is 1. The van der Waals surface area contributed by atoms with Crippen molar-refractivity contribution in [3.05, 3.63) is 72.2 Å². The predicted molar refractivity (Wildman–Crippen MR) is 84.9 cm³/mol. The highest BCUT2D eigenvalue weighted by molar-refractivity contribution is 5.96. The predicted octanol–water partition coefficient (Wildman–Crippen LogP) is 3.72. The van der Waals surface area contributed by atoms with E-state index >= 15 is 0 Å². The molecule has 0 saturated heterocycles. The number of hydrogen-bond donors (Lipinski definition) is 0. The van der Waals surface area contributed by atoms with E-state index in [-0.39, 0.29) is 12.1 Å². The number of hydrogen-bond acceptors (Lipinski definition) is 3. The first-order chi connectivity index (χ1) is 11.6. The third-order valence-electron chi connectivity index (χ3n) is 3.58. The smallest absolute Gasteiger partial charge is 0.185 e. The Morgan fingerprint density at radius 3 is 2.58 bits per heavy atom. The lowest BCUT2D eigenvalue weighted by molar-refractivity contribution is 0.0968. The van der Waals surface area contributed by atoms with Crippen LogP contribution in [0.15, 0.2) is 55.0 Å². The Labute approximate surface area is 137 Å². The van der Waals surface area contributed by atoms with Gasteiger partial charge in [0.1, 0.15) is 17.4 Å². The highest BCUT2D eigenvalue weighted by atomic mass is 19.1. The van der Waals surface area contributed by atoms with Gasteiger partial charge in [-0.25, -0.2) is 13.8 Å². The van der Waals surface area contributed by atoms with Gasteiger partial charge in [0.2, 0.25) is 0 Å². The molecule has 122 valence electrons. The van der Waals surface area contributed by atoms with Crippen molar-refractivity contribution in [1.29, 1.82) is 0 Å². The summed E-state index contributed by atoms with van der Waals surface area (Å²) in [6, 6.07) is 10.2. The molecule has 6 heteroatoms. The maximum atomic E-state index is 13.6. The van der Waals surface area contributed by atoms with E-state index in [0.717, 1.165) is 23.4 Å². The fourth-order valence-electron chi connectivity index (χ4n) is 2.32. The molecule has 0 aliphatic heterocycles. The number of ether oxygens (including phenoxy) is 1. The summed E-state index contributed by atoms with van der Waals surface area (Å²) in [7, 11) is 1.59. The van der Waals surface area contributed by atoms with Crippen LogP contribution < -0.4 is 4.74 Å². The topological polar surface area (TPSA) is 44.1 Å². The van der Waals surface area contributed by atoms with Crippen molar-refractivity contribution in [2.45, 2.75) is 6.54 Å². The highest BCUT2D eigenvalue weighted by Crippen LogP contribution is 2.21. The van der Waals surface area contributed by atoms with E-state index in [9.17, 15) is 13.6 Å². The number of aromatic nitrogens is 2. The summed E-state index contributed by atoms with van der Waals surface area (Å²) in [4.78, 5) is 16.4. The number of nitrogens with zero attached hydrogens (tertiary/aromatic N) is 2. The lowest BCUT2D eigenvalue weighted by atomic mass is 10.1. The average molecular weight is 328 g/mol. The molecule has 0 bridgehead atoms. The van der Waals surface area contributed by atoms with Crippen molar-refractivity contribution < 1.29 is 18.3 Å². The van der Waals surface area contributed by atoms with Crippen molar-refractivity contribution >= 4 is 5.78 Å². The molecule has 3 rings (SSSR count). The summed E-state index contributed by atoms with van der Waals surface area (Å²) < 4.78 is 33.2. The highest BCUT2D eigenvalue weighted by Gasteiger charge is 2.13. The third kappa shape index (κ3) is 3.32. The summed E-state index contributed by atoms with van der Waals surface area (Å²) in [5.74, 6) is -1.30. The molecule has 0 fully saturated rings. The molecule has 0 aliphatic carbocycles. The Morgan fingerprint density at radius 1 is 1.17 bits per heavy atom. The van der Waals surface area contributed by atoms with Crippen LogP contribution in [0.2, 0.25) is 0 Å². The van der Waals surface area contributed by atoms with Crippen LogP contribution in [-0.4, -0.2) is 22.4 Å². The van der Waals surface area contributed by atoms with Crippen molar-refractivity contribution in [1.82, 2.24) is 9.55 Å². The molecule has 1 aromatic heterocycles. The lowest BCUT2D eigenvalue weighted by Gasteiger charge is -2.03. The van der Waals surface area contributed by atoms with Crippen LogP contribution in [0.1, 0.15) is 10.4 Å². The zero-order valence-corrected chi connectivity index (χ0v) is 12.9. The van der Waals surface area contributed by atoms with E-state index < -0.39 is 17.4 Å². The second kappa shape index (κ2) is 6.62. The number of imidazole rings is 1. The van der Waals surface area contributed by atoms with Gasteiger partial charge >= 0.3 is 0 Å². The SMILES string of the molecule is COc1ccc(-c2cn(CC(=O)c3ccc(F)cc3F)cn2)cc1. The molecule has 0 N–H and O–H groups in total. The van der Waals surface area contributed by atoms with E-state index in [1.807, 2.05) is 24.3 Å². The molecule has 3 aromatic rings. The van der Waals surface area contributed by atoms with Gasteiger partial charge in [0, 0.05) is 17.8 Å². The summed E-state index contributed by atoms with van der Waals surface area (Å²) >= 11 is 0. The van der Waals surface area contributed by atoms with Crippen LogP contribution in [-0.2, 0) is 6.54 Å². The summed E-state index contributed by atoms with van der Waals surface area (Å²) in [6.07, 6.45) is 3.19. The van der Waals surface area contributed by atoms with E-state index in [0.29, 0.717) is 11.8 Å². The molecule has 24 heavy (non-hydrogen) atoms. The van der Waals surface area contributed by atoms with E-state index in [1.165, 1.54) is 6.33 Å². The fourth-order valence-corrected chi connectivity index (χ4v) is 2.32. The quantitative estimate of drug-likeness (QED) is 0.671. The lowest BCUT2D eigenvalue weighted by Crippen LogP contribution is -2.11. The van der Waals surface area contributed by atoms with Crippen LogP contribution in [0.4, 0.5) is 8.78 Å². The third-order valence-corrected chi connectivity index (χ3v) is 3.58. The normalized spacial score (nSPS) is 10.6. The zero-order chi connectivity index (χ0) is 17.1. The second-order valence-corrected chi connectivity index (χ2v) is 5.21. The molecule has 0 aliphatic rings. The Kier molecular flexibility index (Phi) is 4.37. The minimum Gasteiger partial charge on any atom is -0.497 e. The molecule has 0 amide bonds. The average Bonchev–Trinajstić information content (AvgIpc) is 3.03. The van der Waals surface area contributed by atoms with Gasteiger partial charge in [-0.05, 0) is 36.4 Å². The minimum absolute atomic E-state index is 0.0777. The van der Waals surface area contributed by atoms with E-state index in [4.69, 9.17) is 4.74 Å². The van der Waals surface area contributed by atoms with E-state index in [2.05, 4.69) is 4.98 Å². The van der Waals surface area contributed by atoms with Crippen molar-refractivity contribution in [2.75, 3.05) is 7.11 Å². The molecule has 0 atom stereocenters. The first-order valence-electron chi connectivity index (χ1n) is 7.21. The van der Waals surface area contributed by atoms with Crippen molar-refractivity contribution in [3.63, 3.8) is 0 Å². The number of halogens is 2. The minimum atomic E-state index is -0.865. The van der Waals surface area contributed by atoms with Crippen LogP contribution in [0.3, 0.4) is 0 Å². The second-order valence-electron chi connectivity index (χ2n) is 5.21. The molecule has 1 heterocycles. The molecular formula is C18H14F2N2O2. The van der Waals surface area contributed by atoms with Gasteiger partial charge in [0.25, 0.3) is 0 Å². The van der Waals surface area contributed by atoms with Gasteiger partial charge in [-0.3, -0.25) is 4.79 Å². The van der Waals surface area contributed by atoms with Gasteiger partial charge in [0.15, 0.2) is 5.78 Å². The Hall–Kier alpha value is -3.02. The molecule has 0 spiro atoms. The van der Waals surface area contributed by atoms with Crippen molar-refractivity contribution in [2.24, 2.45) is 0 Å². The molecular weight excluding hydrogens is 314 g/mol. The number of rotatable bonds is 5. The molecule has 0 saturated carbocycles. The Balaban J connectivity index is 1.76.